The summed E-state index contributed by atoms with van der Waals surface area (Å²) in [5.74, 6) is 0.0597. The standard InChI is InChI=1S/C16H12N4O/c17-8-14(18)15-12-5-1-2-6-13(12)16(21)20(15)10-11-4-3-7-19-9-11/h1-7,9,18,21H,10H2. The molecule has 3 aromatic rings. The van der Waals surface area contributed by atoms with E-state index in [-0.39, 0.29) is 11.6 Å². The second kappa shape index (κ2) is 5.10. The number of hydrogen-bond acceptors (Lipinski definition) is 4. The lowest BCUT2D eigenvalue weighted by molar-refractivity contribution is 0.429. The molecule has 0 atom stereocenters. The first-order valence-corrected chi connectivity index (χ1v) is 6.40. The molecule has 0 saturated carbocycles. The van der Waals surface area contributed by atoms with Crippen LogP contribution in [-0.2, 0) is 6.54 Å². The predicted molar refractivity (Wildman–Crippen MR) is 79.4 cm³/mol. The second-order valence-electron chi connectivity index (χ2n) is 4.65. The Morgan fingerprint density at radius 1 is 1.24 bits per heavy atom. The van der Waals surface area contributed by atoms with E-state index in [1.165, 1.54) is 0 Å². The van der Waals surface area contributed by atoms with E-state index in [1.54, 1.807) is 29.1 Å². The molecule has 2 aromatic heterocycles. The van der Waals surface area contributed by atoms with E-state index in [0.29, 0.717) is 23.0 Å². The summed E-state index contributed by atoms with van der Waals surface area (Å²) in [4.78, 5) is 4.05. The average Bonchev–Trinajstić information content (AvgIpc) is 2.81. The van der Waals surface area contributed by atoms with Crippen LogP contribution in [0.5, 0.6) is 5.88 Å². The van der Waals surface area contributed by atoms with Crippen LogP contribution in [0, 0.1) is 16.7 Å². The van der Waals surface area contributed by atoms with E-state index in [9.17, 15) is 5.11 Å². The van der Waals surface area contributed by atoms with Crippen molar-refractivity contribution in [1.82, 2.24) is 9.55 Å². The van der Waals surface area contributed by atoms with Gasteiger partial charge in [0.2, 0.25) is 0 Å². The first-order valence-electron chi connectivity index (χ1n) is 6.40. The van der Waals surface area contributed by atoms with Crippen LogP contribution in [-0.4, -0.2) is 20.4 Å². The molecule has 5 heteroatoms. The molecule has 0 aliphatic carbocycles. The topological polar surface area (TPSA) is 85.7 Å². The van der Waals surface area contributed by atoms with Crippen LogP contribution in [0.4, 0.5) is 0 Å². The summed E-state index contributed by atoms with van der Waals surface area (Å²) < 4.78 is 1.58. The molecule has 0 saturated heterocycles. The summed E-state index contributed by atoms with van der Waals surface area (Å²) in [6.45, 7) is 0.355. The van der Waals surface area contributed by atoms with Gasteiger partial charge in [0.25, 0.3) is 0 Å². The summed E-state index contributed by atoms with van der Waals surface area (Å²) in [5, 5.41) is 28.7. The van der Waals surface area contributed by atoms with E-state index in [0.717, 1.165) is 5.56 Å². The van der Waals surface area contributed by atoms with Gasteiger partial charge in [0, 0.05) is 23.2 Å². The maximum absolute atomic E-state index is 10.4. The van der Waals surface area contributed by atoms with Crippen molar-refractivity contribution >= 4 is 16.5 Å². The molecule has 0 radical (unpaired) electrons. The van der Waals surface area contributed by atoms with Crippen molar-refractivity contribution in [1.29, 1.82) is 10.7 Å². The molecule has 3 rings (SSSR count). The number of benzene rings is 1. The minimum absolute atomic E-state index is 0.0597. The molecule has 0 aliphatic rings. The van der Waals surface area contributed by atoms with E-state index in [1.807, 2.05) is 30.3 Å². The first-order chi connectivity index (χ1) is 10.2. The fourth-order valence-corrected chi connectivity index (χ4v) is 2.43. The number of pyridine rings is 1. The highest BCUT2D eigenvalue weighted by Crippen LogP contribution is 2.32. The highest BCUT2D eigenvalue weighted by molar-refractivity contribution is 6.17. The SMILES string of the molecule is N#CC(=N)c1c2ccccc2c(O)n1Cc1cccnc1. The fraction of sp³-hybridized carbons (Fsp3) is 0.0625. The zero-order chi connectivity index (χ0) is 14.8. The van der Waals surface area contributed by atoms with Gasteiger partial charge in [-0.1, -0.05) is 24.3 Å². The van der Waals surface area contributed by atoms with Gasteiger partial charge in [-0.05, 0) is 17.7 Å². The number of fused-ring (bicyclic) bond motifs is 1. The summed E-state index contributed by atoms with van der Waals surface area (Å²) in [7, 11) is 0. The lowest BCUT2D eigenvalue weighted by atomic mass is 10.1. The van der Waals surface area contributed by atoms with Crippen molar-refractivity contribution in [2.24, 2.45) is 0 Å². The third-order valence-corrected chi connectivity index (χ3v) is 3.36. The lowest BCUT2D eigenvalue weighted by Crippen LogP contribution is -2.09. The van der Waals surface area contributed by atoms with Crippen molar-refractivity contribution < 1.29 is 5.11 Å². The van der Waals surface area contributed by atoms with Crippen LogP contribution in [0.1, 0.15) is 11.3 Å². The Balaban J connectivity index is 2.23. The highest BCUT2D eigenvalue weighted by Gasteiger charge is 2.19. The van der Waals surface area contributed by atoms with Gasteiger partial charge in [0.05, 0.1) is 12.2 Å². The van der Waals surface area contributed by atoms with Crippen molar-refractivity contribution in [3.8, 4) is 11.9 Å². The van der Waals surface area contributed by atoms with Crippen molar-refractivity contribution in [3.05, 3.63) is 60.0 Å². The lowest BCUT2D eigenvalue weighted by Gasteiger charge is -2.08. The number of nitrogens with one attached hydrogen (secondary N) is 1. The molecule has 21 heavy (non-hydrogen) atoms. The van der Waals surface area contributed by atoms with Gasteiger partial charge in [-0.25, -0.2) is 0 Å². The fourth-order valence-electron chi connectivity index (χ4n) is 2.43. The first kappa shape index (κ1) is 12.9. The Hall–Kier alpha value is -3.13. The predicted octanol–water partition coefficient (Wildman–Crippen LogP) is 2.68. The van der Waals surface area contributed by atoms with Crippen molar-refractivity contribution in [3.63, 3.8) is 0 Å². The van der Waals surface area contributed by atoms with Crippen molar-refractivity contribution in [2.75, 3.05) is 0 Å². The Morgan fingerprint density at radius 2 is 2.00 bits per heavy atom. The van der Waals surface area contributed by atoms with Gasteiger partial charge in [-0.15, -0.1) is 0 Å². The second-order valence-corrected chi connectivity index (χ2v) is 4.65. The third-order valence-electron chi connectivity index (χ3n) is 3.36. The molecular formula is C16H12N4O. The van der Waals surface area contributed by atoms with Crippen LogP contribution in [0.15, 0.2) is 48.8 Å². The average molecular weight is 276 g/mol. The number of aromatic hydroxyl groups is 1. The summed E-state index contributed by atoms with van der Waals surface area (Å²) in [6.07, 6.45) is 3.37. The number of rotatable bonds is 3. The molecule has 0 fully saturated rings. The Bertz CT molecular complexity index is 859. The van der Waals surface area contributed by atoms with Gasteiger partial charge in [0.15, 0.2) is 11.6 Å². The third kappa shape index (κ3) is 2.13. The van der Waals surface area contributed by atoms with Gasteiger partial charge in [-0.2, -0.15) is 5.26 Å². The molecule has 2 heterocycles. The van der Waals surface area contributed by atoms with Crippen LogP contribution >= 0.6 is 0 Å². The van der Waals surface area contributed by atoms with Gasteiger partial charge >= 0.3 is 0 Å². The monoisotopic (exact) mass is 276 g/mol. The highest BCUT2D eigenvalue weighted by atomic mass is 16.3. The Kier molecular flexibility index (Phi) is 3.13. The Labute approximate surface area is 121 Å². The maximum atomic E-state index is 10.4. The molecule has 0 amide bonds. The van der Waals surface area contributed by atoms with Crippen molar-refractivity contribution in [2.45, 2.75) is 6.54 Å². The number of hydrogen-bond donors (Lipinski definition) is 2. The minimum atomic E-state index is -0.171. The molecule has 0 spiro atoms. The maximum Gasteiger partial charge on any atom is 0.199 e. The normalized spacial score (nSPS) is 10.4. The smallest absolute Gasteiger partial charge is 0.199 e. The summed E-state index contributed by atoms with van der Waals surface area (Å²) in [6, 6.07) is 12.8. The molecular weight excluding hydrogens is 264 g/mol. The molecule has 2 N–H and O–H groups in total. The minimum Gasteiger partial charge on any atom is -0.494 e. The van der Waals surface area contributed by atoms with Crippen LogP contribution in [0.25, 0.3) is 10.8 Å². The molecule has 0 bridgehead atoms. The molecule has 0 unspecified atom stereocenters. The van der Waals surface area contributed by atoms with E-state index in [4.69, 9.17) is 10.7 Å². The van der Waals surface area contributed by atoms with E-state index in [2.05, 4.69) is 4.98 Å². The molecule has 0 aliphatic heterocycles. The summed E-state index contributed by atoms with van der Waals surface area (Å²) in [5.41, 5.74) is 1.14. The number of nitrogens with zero attached hydrogens (tertiary/aromatic N) is 3. The number of aromatic nitrogens is 2. The Morgan fingerprint density at radius 3 is 2.67 bits per heavy atom. The quantitative estimate of drug-likeness (QED) is 0.721. The molecule has 102 valence electrons. The van der Waals surface area contributed by atoms with Crippen LogP contribution in [0.2, 0.25) is 0 Å². The van der Waals surface area contributed by atoms with E-state index < -0.39 is 0 Å². The van der Waals surface area contributed by atoms with Crippen LogP contribution in [0.3, 0.4) is 0 Å². The zero-order valence-corrected chi connectivity index (χ0v) is 11.1. The zero-order valence-electron chi connectivity index (χ0n) is 11.1. The van der Waals surface area contributed by atoms with Gasteiger partial charge in [0.1, 0.15) is 6.07 Å². The van der Waals surface area contributed by atoms with Gasteiger partial charge < -0.3 is 9.67 Å². The largest absolute Gasteiger partial charge is 0.494 e. The summed E-state index contributed by atoms with van der Waals surface area (Å²) >= 11 is 0. The van der Waals surface area contributed by atoms with E-state index >= 15 is 0 Å². The number of nitriles is 1. The van der Waals surface area contributed by atoms with Crippen LogP contribution < -0.4 is 0 Å². The molecule has 1 aromatic carbocycles. The molecule has 5 nitrogen and oxygen atoms in total. The van der Waals surface area contributed by atoms with Gasteiger partial charge in [-0.3, -0.25) is 10.4 Å².